The number of Topliss-reactive ketones (excluding diaryl/α,β-unsaturated/α-hetero) is 1. The number of rotatable bonds is 8. The highest BCUT2D eigenvalue weighted by molar-refractivity contribution is 6.15. The van der Waals surface area contributed by atoms with E-state index in [0.29, 0.717) is 24.0 Å². The molecule has 1 aromatic heterocycles. The van der Waals surface area contributed by atoms with E-state index in [1.807, 2.05) is 54.0 Å². The Kier molecular flexibility index (Phi) is 9.11. The molecule has 6 rings (SSSR count). The summed E-state index contributed by atoms with van der Waals surface area (Å²) in [7, 11) is 1.66. The van der Waals surface area contributed by atoms with E-state index in [1.54, 1.807) is 13.3 Å². The predicted octanol–water partition coefficient (Wildman–Crippen LogP) is 5.07. The van der Waals surface area contributed by atoms with Crippen molar-refractivity contribution in [2.75, 3.05) is 38.6 Å². The fraction of sp³-hybridized carbons (Fsp3) is 0.484. The van der Waals surface area contributed by atoms with Crippen molar-refractivity contribution in [3.05, 3.63) is 59.1 Å². The van der Waals surface area contributed by atoms with Crippen molar-refractivity contribution in [1.82, 2.24) is 20.1 Å². The fourth-order valence-corrected chi connectivity index (χ4v) is 5.49. The number of hydrogen-bond donors (Lipinski definition) is 2. The van der Waals surface area contributed by atoms with Crippen molar-refractivity contribution < 1.29 is 9.53 Å². The van der Waals surface area contributed by atoms with Crippen molar-refractivity contribution in [3.63, 3.8) is 0 Å². The van der Waals surface area contributed by atoms with E-state index < -0.39 is 0 Å². The van der Waals surface area contributed by atoms with Gasteiger partial charge in [-0.05, 0) is 74.5 Å². The van der Waals surface area contributed by atoms with Gasteiger partial charge in [0.05, 0.1) is 49.1 Å². The summed E-state index contributed by atoms with van der Waals surface area (Å²) in [5, 5.41) is 18.2. The summed E-state index contributed by atoms with van der Waals surface area (Å²) in [6, 6.07) is 9.89. The SMILES string of the molecule is CC.COc1ccc(-n2nc(C3CCNCC3)cc2NCC(=O)C2=C3CN(/C=C(/C4CCC4)CC=N3)N=C2)cc1. The molecule has 1 saturated heterocycles. The normalized spacial score (nSPS) is 20.5. The number of hydrazone groups is 1. The number of anilines is 1. The molecule has 0 radical (unpaired) electrons. The van der Waals surface area contributed by atoms with Gasteiger partial charge in [-0.25, -0.2) is 4.68 Å². The third kappa shape index (κ3) is 6.20. The first-order valence-corrected chi connectivity index (χ1v) is 14.7. The number of carbonyl (C=O) groups is 1. The quantitative estimate of drug-likeness (QED) is 0.483. The third-order valence-electron chi connectivity index (χ3n) is 8.01. The molecule has 0 unspecified atom stereocenters. The van der Waals surface area contributed by atoms with Crippen LogP contribution in [0.4, 0.5) is 5.82 Å². The van der Waals surface area contributed by atoms with Crippen molar-refractivity contribution >= 4 is 24.0 Å². The second-order valence-electron chi connectivity index (χ2n) is 10.4. The van der Waals surface area contributed by atoms with Crippen LogP contribution in [0, 0.1) is 5.92 Å². The molecule has 4 heterocycles. The lowest BCUT2D eigenvalue weighted by atomic mass is 9.79. The zero-order valence-corrected chi connectivity index (χ0v) is 23.9. The highest BCUT2D eigenvalue weighted by Gasteiger charge is 2.26. The Morgan fingerprint density at radius 3 is 2.58 bits per heavy atom. The molecule has 0 atom stereocenters. The molecule has 4 aliphatic rings. The summed E-state index contributed by atoms with van der Waals surface area (Å²) in [6.45, 7) is 6.64. The van der Waals surface area contributed by atoms with Gasteiger partial charge in [0.2, 0.25) is 0 Å². The number of nitrogens with one attached hydrogen (secondary N) is 2. The summed E-state index contributed by atoms with van der Waals surface area (Å²) in [5.74, 6) is 2.61. The first-order chi connectivity index (χ1) is 19.7. The number of fused-ring (bicyclic) bond motifs is 2. The van der Waals surface area contributed by atoms with Crippen LogP contribution in [-0.4, -0.2) is 66.3 Å². The fourth-order valence-electron chi connectivity index (χ4n) is 5.49. The number of allylic oxidation sites excluding steroid dienone is 1. The monoisotopic (exact) mass is 543 g/mol. The molecule has 9 heteroatoms. The van der Waals surface area contributed by atoms with Crippen molar-refractivity contribution in [2.24, 2.45) is 16.0 Å². The number of ether oxygens (including phenoxy) is 1. The molecule has 2 aromatic rings. The molecule has 2 fully saturated rings. The standard InChI is InChI=1S/C29H35N7O2.C2H6/c1-38-24-7-5-23(6-8-24)36-29(15-26(34-36)21-9-12-30-13-10-21)32-17-28(37)25-16-33-35-18-22(20-3-2-4-20)11-14-31-27(25)19-35;1-2/h5-8,14-16,18,20-21,30,32H,2-4,9-13,17,19H2,1H3;1-2H3/b22-18+,31-14?;. The number of aliphatic imine (C=N–C) groups is 1. The lowest BCUT2D eigenvalue weighted by Crippen LogP contribution is -2.28. The van der Waals surface area contributed by atoms with Crippen LogP contribution in [0.25, 0.3) is 5.69 Å². The van der Waals surface area contributed by atoms with Gasteiger partial charge in [-0.15, -0.1) is 0 Å². The van der Waals surface area contributed by atoms with E-state index in [2.05, 4.69) is 28.0 Å². The second kappa shape index (κ2) is 13.1. The van der Waals surface area contributed by atoms with Crippen LogP contribution in [0.2, 0.25) is 0 Å². The maximum Gasteiger partial charge on any atom is 0.185 e. The van der Waals surface area contributed by atoms with Crippen LogP contribution in [-0.2, 0) is 4.79 Å². The van der Waals surface area contributed by atoms with E-state index in [1.165, 1.54) is 24.8 Å². The Morgan fingerprint density at radius 1 is 1.10 bits per heavy atom. The van der Waals surface area contributed by atoms with E-state index >= 15 is 0 Å². The first-order valence-electron chi connectivity index (χ1n) is 14.7. The Labute approximate surface area is 237 Å². The lowest BCUT2D eigenvalue weighted by molar-refractivity contribution is -0.113. The van der Waals surface area contributed by atoms with Crippen LogP contribution in [0.5, 0.6) is 5.75 Å². The minimum atomic E-state index is -0.0322. The summed E-state index contributed by atoms with van der Waals surface area (Å²) >= 11 is 0. The van der Waals surface area contributed by atoms with E-state index in [9.17, 15) is 4.79 Å². The molecule has 212 valence electrons. The second-order valence-corrected chi connectivity index (χ2v) is 10.4. The molecule has 3 aliphatic heterocycles. The van der Waals surface area contributed by atoms with Gasteiger partial charge in [0.1, 0.15) is 11.6 Å². The average molecular weight is 544 g/mol. The molecule has 0 spiro atoms. The smallest absolute Gasteiger partial charge is 0.185 e. The maximum atomic E-state index is 13.4. The Hall–Kier alpha value is -3.72. The van der Waals surface area contributed by atoms with Gasteiger partial charge in [0, 0.05) is 30.8 Å². The molecule has 2 N–H and O–H groups in total. The Balaban J connectivity index is 0.00000158. The first kappa shape index (κ1) is 27.8. The van der Waals surface area contributed by atoms with Crippen LogP contribution < -0.4 is 15.4 Å². The van der Waals surface area contributed by atoms with Gasteiger partial charge in [0.15, 0.2) is 5.78 Å². The summed E-state index contributed by atoms with van der Waals surface area (Å²) < 4.78 is 7.21. The number of aromatic nitrogens is 2. The summed E-state index contributed by atoms with van der Waals surface area (Å²) in [4.78, 5) is 18.1. The number of methoxy groups -OCH3 is 1. The van der Waals surface area contributed by atoms with E-state index in [0.717, 1.165) is 61.0 Å². The van der Waals surface area contributed by atoms with Gasteiger partial charge in [-0.1, -0.05) is 20.3 Å². The van der Waals surface area contributed by atoms with Crippen LogP contribution in [0.15, 0.2) is 63.5 Å². The molecule has 0 amide bonds. The lowest BCUT2D eigenvalue weighted by Gasteiger charge is -2.31. The number of nitrogens with zero attached hydrogens (tertiary/aromatic N) is 5. The molecule has 40 heavy (non-hydrogen) atoms. The molecule has 1 aromatic carbocycles. The highest BCUT2D eigenvalue weighted by atomic mass is 16.5. The van der Waals surface area contributed by atoms with Gasteiger partial charge in [0.25, 0.3) is 0 Å². The topological polar surface area (TPSA) is 96.1 Å². The zero-order chi connectivity index (χ0) is 27.9. The Bertz CT molecular complexity index is 1300. The number of piperidine rings is 1. The Morgan fingerprint density at radius 2 is 1.88 bits per heavy atom. The minimum Gasteiger partial charge on any atom is -0.497 e. The molecule has 1 saturated carbocycles. The van der Waals surface area contributed by atoms with Crippen molar-refractivity contribution in [1.29, 1.82) is 0 Å². The van der Waals surface area contributed by atoms with Gasteiger partial charge in [-0.2, -0.15) is 10.2 Å². The zero-order valence-electron chi connectivity index (χ0n) is 23.9. The van der Waals surface area contributed by atoms with Crippen molar-refractivity contribution in [3.8, 4) is 11.4 Å². The minimum absolute atomic E-state index is 0.0322. The molecule has 1 aliphatic carbocycles. The summed E-state index contributed by atoms with van der Waals surface area (Å²) in [5.41, 5.74) is 4.70. The van der Waals surface area contributed by atoms with E-state index in [-0.39, 0.29) is 12.3 Å². The number of carbonyl (C=O) groups excluding carboxylic acids is 1. The molecule has 9 nitrogen and oxygen atoms in total. The summed E-state index contributed by atoms with van der Waals surface area (Å²) in [6.07, 6.45) is 12.5. The average Bonchev–Trinajstić information content (AvgIpc) is 3.40. The largest absolute Gasteiger partial charge is 0.497 e. The molecule has 2 bridgehead atoms. The van der Waals surface area contributed by atoms with Gasteiger partial charge >= 0.3 is 0 Å². The maximum absolute atomic E-state index is 13.4. The van der Waals surface area contributed by atoms with Crippen LogP contribution in [0.3, 0.4) is 0 Å². The van der Waals surface area contributed by atoms with Crippen LogP contribution in [0.1, 0.15) is 64.0 Å². The molecular weight excluding hydrogens is 502 g/mol. The third-order valence-corrected chi connectivity index (χ3v) is 8.01. The van der Waals surface area contributed by atoms with E-state index in [4.69, 9.17) is 14.8 Å². The van der Waals surface area contributed by atoms with Gasteiger partial charge in [-0.3, -0.25) is 14.8 Å². The van der Waals surface area contributed by atoms with Gasteiger partial charge < -0.3 is 15.4 Å². The highest BCUT2D eigenvalue weighted by Crippen LogP contribution is 2.35. The number of benzene rings is 1. The number of ketones is 1. The van der Waals surface area contributed by atoms with Crippen molar-refractivity contribution in [2.45, 2.75) is 58.3 Å². The predicted molar refractivity (Wildman–Crippen MR) is 161 cm³/mol. The van der Waals surface area contributed by atoms with Crippen LogP contribution >= 0.6 is 0 Å². The molecular formula is C31H41N7O2. The number of hydrogen-bond acceptors (Lipinski definition) is 8.